The van der Waals surface area contributed by atoms with Crippen LogP contribution in [0.15, 0.2) is 34.3 Å². The summed E-state index contributed by atoms with van der Waals surface area (Å²) in [5, 5.41) is 12.6. The van der Waals surface area contributed by atoms with E-state index in [4.69, 9.17) is 32.2 Å². The number of thiophene rings is 4. The molecule has 7 rings (SSSR count). The third-order valence-corrected chi connectivity index (χ3v) is 23.3. The van der Waals surface area contributed by atoms with Crippen molar-refractivity contribution in [2.24, 2.45) is 11.8 Å². The lowest BCUT2D eigenvalue weighted by Crippen LogP contribution is -2.12. The highest BCUT2D eigenvalue weighted by molar-refractivity contribution is 7.54. The van der Waals surface area contributed by atoms with Crippen LogP contribution in [0.4, 0.5) is 8.78 Å². The number of hydrogen-bond donors (Lipinski definition) is 0. The lowest BCUT2D eigenvalue weighted by Gasteiger charge is -2.19. The molecular formula is C61H86F2N2O9P2S4. The van der Waals surface area contributed by atoms with Gasteiger partial charge in [0.1, 0.15) is 22.5 Å². The summed E-state index contributed by atoms with van der Waals surface area (Å²) in [5.74, 6) is 0.265. The first kappa shape index (κ1) is 64.5. The van der Waals surface area contributed by atoms with Crippen LogP contribution in [0.3, 0.4) is 0 Å². The van der Waals surface area contributed by atoms with Crippen LogP contribution >= 0.6 is 60.5 Å². The maximum Gasteiger partial charge on any atom is 0.331 e. The molecule has 0 amide bonds. The van der Waals surface area contributed by atoms with Gasteiger partial charge < -0.3 is 27.6 Å². The summed E-state index contributed by atoms with van der Waals surface area (Å²) >= 11 is 5.87. The Morgan fingerprint density at radius 3 is 1.51 bits per heavy atom. The summed E-state index contributed by atoms with van der Waals surface area (Å²) in [5.41, 5.74) is 1.63. The number of benzene rings is 2. The number of unbranched alkanes of at least 4 members (excludes halogenated alkanes) is 6. The van der Waals surface area contributed by atoms with Gasteiger partial charge in [0.05, 0.1) is 72.5 Å². The molecule has 0 aliphatic heterocycles. The summed E-state index contributed by atoms with van der Waals surface area (Å²) in [6, 6.07) is 7.97. The van der Waals surface area contributed by atoms with E-state index < -0.39 is 26.8 Å². The van der Waals surface area contributed by atoms with Crippen molar-refractivity contribution in [2.45, 2.75) is 178 Å². The van der Waals surface area contributed by atoms with Gasteiger partial charge in [-0.15, -0.1) is 45.3 Å². The first-order valence-corrected chi connectivity index (χ1v) is 36.4. The predicted octanol–water partition coefficient (Wildman–Crippen LogP) is 21.3. The van der Waals surface area contributed by atoms with E-state index in [1.165, 1.54) is 22.7 Å². The molecular weight excluding hydrogens is 1130 g/mol. The lowest BCUT2D eigenvalue weighted by atomic mass is 10.0. The minimum absolute atomic E-state index is 0.0561. The van der Waals surface area contributed by atoms with Gasteiger partial charge in [-0.1, -0.05) is 120 Å². The molecule has 0 aliphatic carbocycles. The Balaban J connectivity index is 1.36. The summed E-state index contributed by atoms with van der Waals surface area (Å²) in [6.07, 6.45) is 16.1. The molecule has 0 radical (unpaired) electrons. The molecule has 442 valence electrons. The van der Waals surface area contributed by atoms with Gasteiger partial charge in [0.25, 0.3) is 0 Å². The van der Waals surface area contributed by atoms with E-state index in [2.05, 4.69) is 69.4 Å². The second kappa shape index (κ2) is 31.7. The monoisotopic (exact) mass is 1220 g/mol. The maximum atomic E-state index is 17.5. The predicted molar refractivity (Wildman–Crippen MR) is 333 cm³/mol. The van der Waals surface area contributed by atoms with Crippen LogP contribution in [-0.4, -0.2) is 62.3 Å². The Labute approximate surface area is 490 Å². The highest BCUT2D eigenvalue weighted by atomic mass is 32.1. The minimum Gasteiger partial charge on any atom is -0.491 e. The first-order valence-electron chi connectivity index (χ1n) is 29.6. The average Bonchev–Trinajstić information content (AvgIpc) is 4.45. The maximum absolute atomic E-state index is 17.5. The van der Waals surface area contributed by atoms with Gasteiger partial charge in [0.15, 0.2) is 11.6 Å². The zero-order valence-corrected chi connectivity index (χ0v) is 53.8. The van der Waals surface area contributed by atoms with Gasteiger partial charge in [0.2, 0.25) is 0 Å². The van der Waals surface area contributed by atoms with Crippen molar-refractivity contribution in [1.82, 2.24) is 10.3 Å². The second-order valence-electron chi connectivity index (χ2n) is 21.0. The van der Waals surface area contributed by atoms with E-state index in [1.54, 1.807) is 22.7 Å². The molecule has 7 aromatic rings. The number of hydrogen-bond acceptors (Lipinski definition) is 15. The molecule has 5 aromatic heterocycles. The minimum atomic E-state index is -3.59. The molecule has 0 spiro atoms. The molecule has 0 bridgehead atoms. The number of halogens is 2. The van der Waals surface area contributed by atoms with Gasteiger partial charge in [-0.25, -0.2) is 13.4 Å². The number of rotatable bonds is 39. The van der Waals surface area contributed by atoms with Crippen LogP contribution in [0, 0.1) is 30.4 Å². The van der Waals surface area contributed by atoms with E-state index in [1.807, 2.05) is 32.9 Å². The third-order valence-electron chi connectivity index (χ3n) is 14.9. The second-order valence-corrected chi connectivity index (χ2v) is 29.7. The number of aromatic nitrogens is 2. The smallest absolute Gasteiger partial charge is 0.331 e. The van der Waals surface area contributed by atoms with E-state index in [0.717, 1.165) is 160 Å². The van der Waals surface area contributed by atoms with Gasteiger partial charge in [-0.2, -0.15) is 0 Å². The van der Waals surface area contributed by atoms with E-state index in [-0.39, 0.29) is 40.9 Å². The fourth-order valence-electron chi connectivity index (χ4n) is 9.70. The average molecular weight is 1220 g/mol. The highest BCUT2D eigenvalue weighted by Gasteiger charge is 2.33. The first-order chi connectivity index (χ1) is 38.8. The van der Waals surface area contributed by atoms with Crippen molar-refractivity contribution in [1.29, 1.82) is 0 Å². The number of aryl methyl sites for hydroxylation is 3. The van der Waals surface area contributed by atoms with Crippen molar-refractivity contribution in [3.05, 3.63) is 57.3 Å². The normalized spacial score (nSPS) is 13.2. The molecule has 2 atom stereocenters. The van der Waals surface area contributed by atoms with Crippen molar-refractivity contribution in [2.75, 3.05) is 52.0 Å². The third kappa shape index (κ3) is 16.2. The number of nitrogens with zero attached hydrogens (tertiary/aromatic N) is 2. The van der Waals surface area contributed by atoms with Crippen LogP contribution in [0.5, 0.6) is 11.5 Å². The van der Waals surface area contributed by atoms with Crippen molar-refractivity contribution in [3.63, 3.8) is 0 Å². The largest absolute Gasteiger partial charge is 0.491 e. The molecule has 0 fully saturated rings. The van der Waals surface area contributed by atoms with E-state index in [0.29, 0.717) is 67.7 Å². The van der Waals surface area contributed by atoms with E-state index in [9.17, 15) is 9.13 Å². The standard InChI is InChI=1S/C61H86F2N2O9P2S4/c1-10-18-24-42(16-7)39-68-57-46-28-35-77-60(46)58(69-40-43(17-8)25-19-11-2)47-38-50(80-61(47)57)59-45(27-34-76(67,72-31-22-14-5)73-32-23-15-6)37-49(79-59)52-54(63)53(62)51(55-56(52)65-74-64-55)48-36-44(41(9)78-48)26-33-75(66,70-29-20-12-3)71-30-21-13-4/h28,35-38,42-43H,10-27,29-34,39-40H2,1-9H3. The van der Waals surface area contributed by atoms with Crippen LogP contribution in [0.1, 0.15) is 174 Å². The topological polar surface area (TPSA) is 128 Å². The van der Waals surface area contributed by atoms with E-state index >= 15 is 8.78 Å². The Kier molecular flexibility index (Phi) is 25.6. The Bertz CT molecular complexity index is 3050. The zero-order valence-electron chi connectivity index (χ0n) is 48.8. The summed E-state index contributed by atoms with van der Waals surface area (Å²) < 4.78 is 109. The SMILES string of the molecule is CCCCOP(=O)(CCc1cc(-c2c(F)c(F)c(-c3cc(CCP(=O)(OCCCC)OCCCC)c(-c4cc5c(OCC(CC)CCCC)c6sccc6c(OCC(CC)CCCC)c5s4)s3)c3nonc23)sc1C)OCCCC. The van der Waals surface area contributed by atoms with Crippen molar-refractivity contribution in [3.8, 4) is 42.1 Å². The van der Waals surface area contributed by atoms with Crippen LogP contribution in [0.2, 0.25) is 0 Å². The lowest BCUT2D eigenvalue weighted by molar-refractivity contribution is 0.199. The molecule has 80 heavy (non-hydrogen) atoms. The van der Waals surface area contributed by atoms with Crippen LogP contribution in [-0.2, 0) is 40.1 Å². The Morgan fingerprint density at radius 2 is 1.02 bits per heavy atom. The molecule has 0 aliphatic rings. The zero-order chi connectivity index (χ0) is 57.2. The Hall–Kier alpha value is -3.08. The summed E-state index contributed by atoms with van der Waals surface area (Å²) in [7, 11) is -7.01. The molecule has 0 saturated carbocycles. The van der Waals surface area contributed by atoms with Crippen molar-refractivity contribution < 1.29 is 50.1 Å². The molecule has 0 N–H and O–H groups in total. The van der Waals surface area contributed by atoms with Gasteiger partial charge in [0, 0.05) is 35.2 Å². The van der Waals surface area contributed by atoms with Crippen LogP contribution < -0.4 is 9.47 Å². The highest BCUT2D eigenvalue weighted by Crippen LogP contribution is 2.56. The van der Waals surface area contributed by atoms with Gasteiger partial charge >= 0.3 is 15.2 Å². The molecule has 2 aromatic carbocycles. The molecule has 19 heteroatoms. The summed E-state index contributed by atoms with van der Waals surface area (Å²) in [4.78, 5) is 3.40. The number of fused-ring (bicyclic) bond motifs is 3. The summed E-state index contributed by atoms with van der Waals surface area (Å²) in [6.45, 7) is 21.5. The van der Waals surface area contributed by atoms with Crippen molar-refractivity contribution >= 4 is 91.7 Å². The fraction of sp³-hybridized carbons (Fsp3) is 0.607. The van der Waals surface area contributed by atoms with Gasteiger partial charge in [-0.05, 0) is 121 Å². The quantitative estimate of drug-likeness (QED) is 0.0270. The Morgan fingerprint density at radius 1 is 0.562 bits per heavy atom. The fourth-order valence-corrected chi connectivity index (χ4v) is 17.6. The number of ether oxygens (including phenoxy) is 2. The van der Waals surface area contributed by atoms with Crippen LogP contribution in [0.25, 0.3) is 61.8 Å². The molecule has 0 saturated heterocycles. The molecule has 5 heterocycles. The molecule has 2 unspecified atom stereocenters. The molecule has 11 nitrogen and oxygen atoms in total. The van der Waals surface area contributed by atoms with Gasteiger partial charge in [-0.3, -0.25) is 9.13 Å².